The van der Waals surface area contributed by atoms with Crippen molar-refractivity contribution in [3.63, 3.8) is 0 Å². The van der Waals surface area contributed by atoms with Crippen LogP contribution < -0.4 is 10.6 Å². The van der Waals surface area contributed by atoms with Crippen molar-refractivity contribution in [3.05, 3.63) is 95.7 Å². The van der Waals surface area contributed by atoms with Crippen LogP contribution in [0.3, 0.4) is 0 Å². The molecule has 3 rings (SSSR count). The number of aromatic nitrogens is 1. The molecule has 0 atom stereocenters. The van der Waals surface area contributed by atoms with Gasteiger partial charge in [-0.1, -0.05) is 60.7 Å². The number of anilines is 1. The van der Waals surface area contributed by atoms with Crippen LogP contribution in [-0.2, 0) is 4.79 Å². The van der Waals surface area contributed by atoms with Gasteiger partial charge in [0.2, 0.25) is 5.91 Å². The summed E-state index contributed by atoms with van der Waals surface area (Å²) in [4.78, 5) is 17.2. The molecule has 5 heteroatoms. The quantitative estimate of drug-likeness (QED) is 0.689. The van der Waals surface area contributed by atoms with E-state index in [1.165, 1.54) is 0 Å². The van der Waals surface area contributed by atoms with Gasteiger partial charge in [0, 0.05) is 6.20 Å². The van der Waals surface area contributed by atoms with Crippen LogP contribution in [0.15, 0.2) is 79.0 Å². The summed E-state index contributed by atoms with van der Waals surface area (Å²) in [6.07, 6.45) is 1.69. The van der Waals surface area contributed by atoms with Crippen LogP contribution in [-0.4, -0.2) is 16.0 Å². The fourth-order valence-electron chi connectivity index (χ4n) is 2.72. The van der Waals surface area contributed by atoms with Crippen molar-refractivity contribution in [2.75, 3.05) is 5.32 Å². The van der Waals surface area contributed by atoms with E-state index in [9.17, 15) is 4.79 Å². The highest BCUT2D eigenvalue weighted by molar-refractivity contribution is 7.80. The summed E-state index contributed by atoms with van der Waals surface area (Å²) in [5.41, 5.74) is 2.88. The molecule has 26 heavy (non-hydrogen) atoms. The van der Waals surface area contributed by atoms with Crippen molar-refractivity contribution in [3.8, 4) is 0 Å². The Hall–Kier alpha value is -3.05. The molecule has 0 aliphatic rings. The van der Waals surface area contributed by atoms with Crippen molar-refractivity contribution in [1.29, 1.82) is 0 Å². The smallest absolute Gasteiger partial charge is 0.238 e. The molecule has 2 N–H and O–H groups in total. The third-order valence-corrected chi connectivity index (χ3v) is 4.13. The number of rotatable bonds is 4. The second-order valence-electron chi connectivity index (χ2n) is 5.92. The van der Waals surface area contributed by atoms with Crippen LogP contribution in [0.25, 0.3) is 0 Å². The van der Waals surface area contributed by atoms with Gasteiger partial charge >= 0.3 is 0 Å². The van der Waals surface area contributed by atoms with Gasteiger partial charge in [-0.25, -0.2) is 4.98 Å². The predicted molar refractivity (Wildman–Crippen MR) is 108 cm³/mol. The van der Waals surface area contributed by atoms with E-state index in [1.807, 2.05) is 79.7 Å². The van der Waals surface area contributed by atoms with E-state index in [2.05, 4.69) is 15.6 Å². The standard InChI is InChI=1S/C21H19N3OS/c1-15-12-13-22-18(14-15)23-21(26)24-20(25)19(16-8-4-2-5-9-16)17-10-6-3-7-11-17/h2-14,19H,1H3,(H2,22,23,24,25,26). The molecule has 0 unspecified atom stereocenters. The summed E-state index contributed by atoms with van der Waals surface area (Å²) in [6, 6.07) is 23.1. The average molecular weight is 361 g/mol. The molecule has 0 bridgehead atoms. The molecule has 4 nitrogen and oxygen atoms in total. The van der Waals surface area contributed by atoms with Gasteiger partial charge in [0.05, 0.1) is 5.92 Å². The fraction of sp³-hybridized carbons (Fsp3) is 0.0952. The first-order valence-corrected chi connectivity index (χ1v) is 8.69. The number of hydrogen-bond donors (Lipinski definition) is 2. The second kappa shape index (κ2) is 8.36. The molecule has 0 radical (unpaired) electrons. The lowest BCUT2D eigenvalue weighted by atomic mass is 9.90. The van der Waals surface area contributed by atoms with Crippen molar-refractivity contribution in [2.45, 2.75) is 12.8 Å². The van der Waals surface area contributed by atoms with Gasteiger partial charge in [-0.2, -0.15) is 0 Å². The molecule has 1 aromatic heterocycles. The number of aryl methyl sites for hydroxylation is 1. The number of pyridine rings is 1. The first-order valence-electron chi connectivity index (χ1n) is 8.28. The highest BCUT2D eigenvalue weighted by atomic mass is 32.1. The fourth-order valence-corrected chi connectivity index (χ4v) is 2.93. The number of benzene rings is 2. The number of thiocarbonyl (C=S) groups is 1. The normalized spacial score (nSPS) is 10.4. The van der Waals surface area contributed by atoms with Crippen LogP contribution in [0.5, 0.6) is 0 Å². The van der Waals surface area contributed by atoms with Gasteiger partial charge in [-0.3, -0.25) is 4.79 Å². The Balaban J connectivity index is 1.79. The van der Waals surface area contributed by atoms with Gasteiger partial charge in [-0.05, 0) is 48.0 Å². The maximum Gasteiger partial charge on any atom is 0.238 e. The molecular formula is C21H19N3OS. The van der Waals surface area contributed by atoms with Crippen LogP contribution in [0.1, 0.15) is 22.6 Å². The minimum Gasteiger partial charge on any atom is -0.317 e. The lowest BCUT2D eigenvalue weighted by Gasteiger charge is -2.18. The molecule has 0 saturated heterocycles. The van der Waals surface area contributed by atoms with Gasteiger partial charge < -0.3 is 10.6 Å². The lowest BCUT2D eigenvalue weighted by Crippen LogP contribution is -2.38. The number of nitrogens with zero attached hydrogens (tertiary/aromatic N) is 1. The van der Waals surface area contributed by atoms with E-state index in [1.54, 1.807) is 6.20 Å². The molecule has 1 heterocycles. The van der Waals surface area contributed by atoms with Crippen molar-refractivity contribution in [2.24, 2.45) is 0 Å². The molecule has 0 saturated carbocycles. The van der Waals surface area contributed by atoms with E-state index in [0.717, 1.165) is 16.7 Å². The van der Waals surface area contributed by atoms with Crippen molar-refractivity contribution < 1.29 is 4.79 Å². The van der Waals surface area contributed by atoms with E-state index < -0.39 is 5.92 Å². The average Bonchev–Trinajstić information content (AvgIpc) is 2.63. The maximum atomic E-state index is 13.0. The predicted octanol–water partition coefficient (Wildman–Crippen LogP) is 4.04. The first kappa shape index (κ1) is 17.8. The molecule has 2 aromatic carbocycles. The summed E-state index contributed by atoms with van der Waals surface area (Å²) in [5, 5.41) is 5.97. The topological polar surface area (TPSA) is 54.0 Å². The van der Waals surface area contributed by atoms with Gasteiger partial charge in [0.25, 0.3) is 0 Å². The number of amides is 1. The Kier molecular flexibility index (Phi) is 5.71. The van der Waals surface area contributed by atoms with Crippen molar-refractivity contribution in [1.82, 2.24) is 10.3 Å². The van der Waals surface area contributed by atoms with Gasteiger partial charge in [0.15, 0.2) is 5.11 Å². The Morgan fingerprint density at radius 3 is 2.08 bits per heavy atom. The molecule has 0 fully saturated rings. The van der Waals surface area contributed by atoms with Crippen LogP contribution >= 0.6 is 12.2 Å². The highest BCUT2D eigenvalue weighted by Gasteiger charge is 2.23. The Labute approximate surface area is 158 Å². The third-order valence-electron chi connectivity index (χ3n) is 3.92. The van der Waals surface area contributed by atoms with Gasteiger partial charge in [0.1, 0.15) is 5.82 Å². The second-order valence-corrected chi connectivity index (χ2v) is 6.32. The van der Waals surface area contributed by atoms with E-state index >= 15 is 0 Å². The van der Waals surface area contributed by atoms with E-state index in [0.29, 0.717) is 5.82 Å². The van der Waals surface area contributed by atoms with E-state index in [-0.39, 0.29) is 11.0 Å². The minimum absolute atomic E-state index is 0.187. The summed E-state index contributed by atoms with van der Waals surface area (Å²) in [5.74, 6) is -0.0264. The van der Waals surface area contributed by atoms with E-state index in [4.69, 9.17) is 12.2 Å². The SMILES string of the molecule is Cc1ccnc(NC(=S)NC(=O)C(c2ccccc2)c2ccccc2)c1. The van der Waals surface area contributed by atoms with Gasteiger partial charge in [-0.15, -0.1) is 0 Å². The zero-order valence-corrected chi connectivity index (χ0v) is 15.2. The molecule has 3 aromatic rings. The molecule has 1 amide bonds. The Morgan fingerprint density at radius 1 is 0.962 bits per heavy atom. The number of carbonyl (C=O) groups excluding carboxylic acids is 1. The minimum atomic E-state index is -0.442. The zero-order valence-electron chi connectivity index (χ0n) is 14.3. The Bertz CT molecular complexity index is 858. The van der Waals surface area contributed by atoms with Crippen molar-refractivity contribution >= 4 is 29.1 Å². The monoisotopic (exact) mass is 361 g/mol. The number of carbonyl (C=O) groups is 1. The molecular weight excluding hydrogens is 342 g/mol. The third kappa shape index (κ3) is 4.52. The molecule has 0 aliphatic carbocycles. The summed E-state index contributed by atoms with van der Waals surface area (Å²) in [6.45, 7) is 1.97. The summed E-state index contributed by atoms with van der Waals surface area (Å²) >= 11 is 5.29. The van der Waals surface area contributed by atoms with Crippen LogP contribution in [0.2, 0.25) is 0 Å². The summed E-state index contributed by atoms with van der Waals surface area (Å²) in [7, 11) is 0. The Morgan fingerprint density at radius 2 is 1.54 bits per heavy atom. The highest BCUT2D eigenvalue weighted by Crippen LogP contribution is 2.24. The lowest BCUT2D eigenvalue weighted by molar-refractivity contribution is -0.120. The maximum absolute atomic E-state index is 13.0. The molecule has 0 aliphatic heterocycles. The number of nitrogens with one attached hydrogen (secondary N) is 2. The number of hydrogen-bond acceptors (Lipinski definition) is 3. The molecule has 0 spiro atoms. The summed E-state index contributed by atoms with van der Waals surface area (Å²) < 4.78 is 0. The molecule has 130 valence electrons. The van der Waals surface area contributed by atoms with Crippen LogP contribution in [0, 0.1) is 6.92 Å². The largest absolute Gasteiger partial charge is 0.317 e. The first-order chi connectivity index (χ1) is 12.6. The van der Waals surface area contributed by atoms with Crippen LogP contribution in [0.4, 0.5) is 5.82 Å². The zero-order chi connectivity index (χ0) is 18.4.